The van der Waals surface area contributed by atoms with E-state index in [-0.39, 0.29) is 28.4 Å². The Morgan fingerprint density at radius 2 is 1.45 bits per heavy atom. The van der Waals surface area contributed by atoms with Gasteiger partial charge in [-0.1, -0.05) is 55.1 Å². The van der Waals surface area contributed by atoms with Gasteiger partial charge in [-0.05, 0) is 18.6 Å². The lowest BCUT2D eigenvalue weighted by molar-refractivity contribution is 0.0983. The van der Waals surface area contributed by atoms with Crippen LogP contribution in [0.4, 0.5) is 0 Å². The Kier molecular flexibility index (Phi) is 5.10. The van der Waals surface area contributed by atoms with Gasteiger partial charge in [0.1, 0.15) is 0 Å². The van der Waals surface area contributed by atoms with Gasteiger partial charge >= 0.3 is 0 Å². The first-order chi connectivity index (χ1) is 10.6. The molecule has 0 radical (unpaired) electrons. The van der Waals surface area contributed by atoms with Crippen molar-refractivity contribution in [3.8, 4) is 0 Å². The lowest BCUT2D eigenvalue weighted by Crippen LogP contribution is -2.07. The molecule has 0 bridgehead atoms. The van der Waals surface area contributed by atoms with E-state index in [1.165, 1.54) is 12.1 Å². The predicted octanol–water partition coefficient (Wildman–Crippen LogP) is 3.79. The molecule has 0 amide bonds. The smallest absolute Gasteiger partial charge is 0.210 e. The van der Waals surface area contributed by atoms with Crippen LogP contribution in [0.15, 0.2) is 82.8 Å². The molecule has 0 heterocycles. The molecule has 0 N–H and O–H groups in total. The van der Waals surface area contributed by atoms with Gasteiger partial charge in [0.25, 0.3) is 0 Å². The topological polar surface area (TPSA) is 51.2 Å². The van der Waals surface area contributed by atoms with Crippen molar-refractivity contribution in [2.75, 3.05) is 0 Å². The first kappa shape index (κ1) is 16.0. The molecule has 0 saturated carbocycles. The summed E-state index contributed by atoms with van der Waals surface area (Å²) in [5.41, 5.74) is 3.05. The van der Waals surface area contributed by atoms with Crippen molar-refractivity contribution in [2.24, 2.45) is 0 Å². The highest BCUT2D eigenvalue weighted by molar-refractivity contribution is 7.95. The lowest BCUT2D eigenvalue weighted by atomic mass is 10.1. The molecule has 0 spiro atoms. The summed E-state index contributed by atoms with van der Waals surface area (Å²) in [6.07, 6.45) is 0.197. The van der Waals surface area contributed by atoms with E-state index in [1.54, 1.807) is 42.5 Å². The van der Waals surface area contributed by atoms with Crippen LogP contribution < -0.4 is 0 Å². The Labute approximate surface area is 130 Å². The Balaban J connectivity index is 2.14. The molecule has 0 fully saturated rings. The minimum atomic E-state index is -3.64. The summed E-state index contributed by atoms with van der Waals surface area (Å²) in [7, 11) is -3.64. The first-order valence-electron chi connectivity index (χ1n) is 6.83. The Hall–Kier alpha value is -2.42. The van der Waals surface area contributed by atoms with Gasteiger partial charge in [-0.3, -0.25) is 4.79 Å². The number of sulfone groups is 1. The van der Waals surface area contributed by atoms with E-state index >= 15 is 0 Å². The standard InChI is InChI=1S/C18H16O3S/c1-2-16(22(20,21)17-11-7-4-8-12-17)13-14-18(19)15-9-5-3-6-10-15/h3-12H,1,13-14H2. The van der Waals surface area contributed by atoms with Crippen LogP contribution in [0.5, 0.6) is 0 Å². The maximum atomic E-state index is 12.5. The maximum Gasteiger partial charge on any atom is 0.210 e. The van der Waals surface area contributed by atoms with Crippen LogP contribution in [0.25, 0.3) is 0 Å². The largest absolute Gasteiger partial charge is 0.294 e. The van der Waals surface area contributed by atoms with Gasteiger partial charge in [0.15, 0.2) is 5.78 Å². The molecule has 2 aromatic carbocycles. The van der Waals surface area contributed by atoms with Gasteiger partial charge in [-0.25, -0.2) is 8.42 Å². The summed E-state index contributed by atoms with van der Waals surface area (Å²) in [5.74, 6) is -0.100. The zero-order chi connectivity index (χ0) is 16.0. The molecule has 4 heteroatoms. The van der Waals surface area contributed by atoms with Crippen LogP contribution >= 0.6 is 0 Å². The van der Waals surface area contributed by atoms with E-state index in [0.717, 1.165) is 0 Å². The molecular weight excluding hydrogens is 296 g/mol. The van der Waals surface area contributed by atoms with Crippen molar-refractivity contribution in [1.29, 1.82) is 0 Å². The monoisotopic (exact) mass is 312 g/mol. The molecule has 0 aliphatic rings. The number of hydrogen-bond donors (Lipinski definition) is 0. The molecule has 112 valence electrons. The van der Waals surface area contributed by atoms with Crippen molar-refractivity contribution >= 4 is 15.6 Å². The Morgan fingerprint density at radius 1 is 0.909 bits per heavy atom. The van der Waals surface area contributed by atoms with Crippen molar-refractivity contribution < 1.29 is 13.2 Å². The minimum absolute atomic E-state index is 0.0444. The molecule has 22 heavy (non-hydrogen) atoms. The highest BCUT2D eigenvalue weighted by Crippen LogP contribution is 2.22. The van der Waals surface area contributed by atoms with Crippen LogP contribution in [0.1, 0.15) is 23.2 Å². The van der Waals surface area contributed by atoms with E-state index in [9.17, 15) is 13.2 Å². The summed E-state index contributed by atoms with van der Waals surface area (Å²) in [5, 5.41) is 0. The van der Waals surface area contributed by atoms with Crippen molar-refractivity contribution in [2.45, 2.75) is 17.7 Å². The number of allylic oxidation sites excluding steroid dienone is 1. The first-order valence-corrected chi connectivity index (χ1v) is 8.31. The number of benzene rings is 2. The molecule has 0 aliphatic carbocycles. The minimum Gasteiger partial charge on any atom is -0.294 e. The van der Waals surface area contributed by atoms with Crippen LogP contribution in [0.3, 0.4) is 0 Å². The average Bonchev–Trinajstić information content (AvgIpc) is 2.56. The van der Waals surface area contributed by atoms with Crippen LogP contribution in [-0.4, -0.2) is 14.2 Å². The fourth-order valence-corrected chi connectivity index (χ4v) is 3.42. The van der Waals surface area contributed by atoms with Crippen LogP contribution in [0, 0.1) is 0 Å². The quantitative estimate of drug-likeness (QED) is 0.602. The van der Waals surface area contributed by atoms with E-state index in [4.69, 9.17) is 0 Å². The zero-order valence-corrected chi connectivity index (χ0v) is 12.8. The Morgan fingerprint density at radius 3 is 2.00 bits per heavy atom. The van der Waals surface area contributed by atoms with Crippen molar-refractivity contribution in [3.63, 3.8) is 0 Å². The SMILES string of the molecule is C=C=C(CCC(=O)c1ccccc1)S(=O)(=O)c1ccccc1. The third kappa shape index (κ3) is 3.61. The summed E-state index contributed by atoms with van der Waals surface area (Å²) in [4.78, 5) is 12.3. The predicted molar refractivity (Wildman–Crippen MR) is 86.3 cm³/mol. The van der Waals surface area contributed by atoms with Crippen LogP contribution in [0.2, 0.25) is 0 Å². The fourth-order valence-electron chi connectivity index (χ4n) is 2.06. The number of ketones is 1. The number of carbonyl (C=O) groups is 1. The molecule has 0 saturated heterocycles. The molecule has 0 atom stereocenters. The van der Waals surface area contributed by atoms with Gasteiger partial charge in [0.2, 0.25) is 9.84 Å². The van der Waals surface area contributed by atoms with E-state index < -0.39 is 9.84 Å². The second-order valence-corrected chi connectivity index (χ2v) is 6.68. The van der Waals surface area contributed by atoms with Gasteiger partial charge in [0.05, 0.1) is 9.80 Å². The molecule has 0 unspecified atom stereocenters. The normalized spacial score (nSPS) is 10.7. The summed E-state index contributed by atoms with van der Waals surface area (Å²) in [6, 6.07) is 16.9. The van der Waals surface area contributed by atoms with E-state index in [0.29, 0.717) is 5.56 Å². The van der Waals surface area contributed by atoms with E-state index in [1.807, 2.05) is 6.07 Å². The summed E-state index contributed by atoms with van der Waals surface area (Å²) in [6.45, 7) is 3.45. The zero-order valence-electron chi connectivity index (χ0n) is 12.0. The van der Waals surface area contributed by atoms with Crippen LogP contribution in [-0.2, 0) is 9.84 Å². The molecule has 2 aromatic rings. The number of hydrogen-bond acceptors (Lipinski definition) is 3. The highest BCUT2D eigenvalue weighted by atomic mass is 32.2. The van der Waals surface area contributed by atoms with Gasteiger partial charge in [0, 0.05) is 12.0 Å². The van der Waals surface area contributed by atoms with Gasteiger partial charge in [-0.15, -0.1) is 5.73 Å². The summed E-state index contributed by atoms with van der Waals surface area (Å²) < 4.78 is 24.9. The molecule has 2 rings (SSSR count). The second-order valence-electron chi connectivity index (χ2n) is 4.71. The molecular formula is C18H16O3S. The number of rotatable bonds is 6. The molecule has 3 nitrogen and oxygen atoms in total. The van der Waals surface area contributed by atoms with Crippen molar-refractivity contribution in [3.05, 3.63) is 83.4 Å². The van der Waals surface area contributed by atoms with Gasteiger partial charge < -0.3 is 0 Å². The number of Topliss-reactive ketones (excluding diaryl/α,β-unsaturated/α-hetero) is 1. The molecule has 0 aromatic heterocycles. The van der Waals surface area contributed by atoms with Gasteiger partial charge in [-0.2, -0.15) is 0 Å². The van der Waals surface area contributed by atoms with Crippen molar-refractivity contribution in [1.82, 2.24) is 0 Å². The maximum absolute atomic E-state index is 12.5. The average molecular weight is 312 g/mol. The highest BCUT2D eigenvalue weighted by Gasteiger charge is 2.21. The summed E-state index contributed by atoms with van der Waals surface area (Å²) >= 11 is 0. The molecule has 0 aliphatic heterocycles. The van der Waals surface area contributed by atoms with E-state index in [2.05, 4.69) is 12.3 Å². The third-order valence-electron chi connectivity index (χ3n) is 3.25. The lowest BCUT2D eigenvalue weighted by Gasteiger charge is -2.07. The second kappa shape index (κ2) is 7.03. The Bertz CT molecular complexity index is 800. The fraction of sp³-hybridized carbons (Fsp3) is 0.111. The third-order valence-corrected chi connectivity index (χ3v) is 5.14. The number of carbonyl (C=O) groups excluding carboxylic acids is 1.